The van der Waals surface area contributed by atoms with Crippen LogP contribution in [0.3, 0.4) is 0 Å². The summed E-state index contributed by atoms with van der Waals surface area (Å²) in [5.41, 5.74) is 2.01. The topological polar surface area (TPSA) is 67.8 Å². The molecule has 0 bridgehead atoms. The van der Waals surface area contributed by atoms with E-state index in [1.807, 2.05) is 30.3 Å². The van der Waals surface area contributed by atoms with Gasteiger partial charge in [0.05, 0.1) is 13.2 Å². The molecule has 1 rings (SSSR count). The van der Waals surface area contributed by atoms with Crippen LogP contribution >= 0.6 is 0 Å². The largest absolute Gasteiger partial charge is 0.463 e. The number of unbranched alkanes of at least 4 members (excludes halogenated alkanes) is 2. The second kappa shape index (κ2) is 16.1. The standard InChI is InChI=1S/C23H37NO4/c1-3-5-7-13-21(15-16-25)24-22(18-23(26)28-4-2)14-10-17-27-19-20-11-8-6-9-12-20/h6,8-9,11-12,18,21,24-25H,3-5,7,10,13-17,19H2,1-2H3/b22-18+/t21-/m1/s1. The quantitative estimate of drug-likeness (QED) is 0.249. The second-order valence-corrected chi connectivity index (χ2v) is 6.91. The lowest BCUT2D eigenvalue weighted by molar-refractivity contribution is -0.137. The lowest BCUT2D eigenvalue weighted by atomic mass is 10.0. The van der Waals surface area contributed by atoms with Crippen molar-refractivity contribution >= 4 is 5.97 Å². The number of hydrogen-bond donors (Lipinski definition) is 2. The van der Waals surface area contributed by atoms with Crippen molar-refractivity contribution in [3.8, 4) is 0 Å². The van der Waals surface area contributed by atoms with Gasteiger partial charge in [0.15, 0.2) is 0 Å². The highest BCUT2D eigenvalue weighted by molar-refractivity contribution is 5.82. The summed E-state index contributed by atoms with van der Waals surface area (Å²) < 4.78 is 10.8. The van der Waals surface area contributed by atoms with Crippen LogP contribution in [-0.2, 0) is 20.9 Å². The van der Waals surface area contributed by atoms with Crippen molar-refractivity contribution in [1.82, 2.24) is 5.32 Å². The molecule has 0 saturated heterocycles. The van der Waals surface area contributed by atoms with Crippen molar-refractivity contribution < 1.29 is 19.4 Å². The molecule has 0 saturated carbocycles. The number of carbonyl (C=O) groups is 1. The van der Waals surface area contributed by atoms with Gasteiger partial charge >= 0.3 is 5.97 Å². The molecule has 0 amide bonds. The Balaban J connectivity index is 2.51. The van der Waals surface area contributed by atoms with E-state index in [1.54, 1.807) is 13.0 Å². The van der Waals surface area contributed by atoms with E-state index in [0.29, 0.717) is 32.7 Å². The van der Waals surface area contributed by atoms with E-state index in [4.69, 9.17) is 9.47 Å². The Morgan fingerprint density at radius 3 is 2.61 bits per heavy atom. The molecule has 5 nitrogen and oxygen atoms in total. The number of benzene rings is 1. The molecular formula is C23H37NO4. The van der Waals surface area contributed by atoms with Crippen LogP contribution in [0.25, 0.3) is 0 Å². The van der Waals surface area contributed by atoms with Gasteiger partial charge in [-0.25, -0.2) is 4.79 Å². The Bertz CT molecular complexity index is 545. The molecule has 1 aromatic rings. The summed E-state index contributed by atoms with van der Waals surface area (Å²) in [5.74, 6) is -0.327. The van der Waals surface area contributed by atoms with E-state index in [2.05, 4.69) is 12.2 Å². The predicted molar refractivity (Wildman–Crippen MR) is 113 cm³/mol. The Labute approximate surface area is 170 Å². The van der Waals surface area contributed by atoms with Gasteiger partial charge in [-0.2, -0.15) is 0 Å². The summed E-state index contributed by atoms with van der Waals surface area (Å²) in [4.78, 5) is 11.9. The Hall–Kier alpha value is -1.85. The summed E-state index contributed by atoms with van der Waals surface area (Å²) in [6.45, 7) is 5.69. The highest BCUT2D eigenvalue weighted by atomic mass is 16.5. The molecule has 1 atom stereocenters. The number of aliphatic hydroxyl groups is 1. The molecule has 0 radical (unpaired) electrons. The Morgan fingerprint density at radius 1 is 1.14 bits per heavy atom. The lowest BCUT2D eigenvalue weighted by Crippen LogP contribution is -2.30. The first kappa shape index (κ1) is 24.2. The number of carbonyl (C=O) groups excluding carboxylic acids is 1. The summed E-state index contributed by atoms with van der Waals surface area (Å²) in [6, 6.07) is 10.3. The summed E-state index contributed by atoms with van der Waals surface area (Å²) in [6.07, 6.45) is 8.18. The maximum Gasteiger partial charge on any atom is 0.332 e. The number of allylic oxidation sites excluding steroid dienone is 1. The highest BCUT2D eigenvalue weighted by Gasteiger charge is 2.11. The van der Waals surface area contributed by atoms with Gasteiger partial charge in [-0.15, -0.1) is 0 Å². The maximum absolute atomic E-state index is 11.9. The molecule has 0 aliphatic carbocycles. The van der Waals surface area contributed by atoms with Gasteiger partial charge in [0.1, 0.15) is 0 Å². The van der Waals surface area contributed by atoms with Gasteiger partial charge in [0.25, 0.3) is 0 Å². The summed E-state index contributed by atoms with van der Waals surface area (Å²) >= 11 is 0. The molecule has 0 spiro atoms. The third-order valence-electron chi connectivity index (χ3n) is 4.45. The molecule has 28 heavy (non-hydrogen) atoms. The SMILES string of the molecule is CCCCC[C@H](CCO)N/C(=C/C(=O)OCC)CCCOCc1ccccc1. The van der Waals surface area contributed by atoms with Crippen molar-refractivity contribution in [2.45, 2.75) is 71.4 Å². The fraction of sp³-hybridized carbons (Fsp3) is 0.609. The average molecular weight is 392 g/mol. The fourth-order valence-corrected chi connectivity index (χ4v) is 2.99. The van der Waals surface area contributed by atoms with E-state index in [-0.39, 0.29) is 18.6 Å². The smallest absolute Gasteiger partial charge is 0.332 e. The normalized spacial score (nSPS) is 12.6. The second-order valence-electron chi connectivity index (χ2n) is 6.91. The van der Waals surface area contributed by atoms with E-state index >= 15 is 0 Å². The maximum atomic E-state index is 11.9. The van der Waals surface area contributed by atoms with Crippen LogP contribution in [0.15, 0.2) is 42.1 Å². The number of rotatable bonds is 16. The highest BCUT2D eigenvalue weighted by Crippen LogP contribution is 2.12. The van der Waals surface area contributed by atoms with Crippen LogP contribution in [0.4, 0.5) is 0 Å². The monoisotopic (exact) mass is 391 g/mol. The van der Waals surface area contributed by atoms with Gasteiger partial charge in [0, 0.05) is 31.0 Å². The molecular weight excluding hydrogens is 354 g/mol. The lowest BCUT2D eigenvalue weighted by Gasteiger charge is -2.21. The number of hydrogen-bond acceptors (Lipinski definition) is 5. The van der Waals surface area contributed by atoms with Crippen molar-refractivity contribution in [1.29, 1.82) is 0 Å². The van der Waals surface area contributed by atoms with Gasteiger partial charge < -0.3 is 19.9 Å². The minimum absolute atomic E-state index is 0.136. The van der Waals surface area contributed by atoms with Crippen molar-refractivity contribution in [3.63, 3.8) is 0 Å². The molecule has 0 unspecified atom stereocenters. The van der Waals surface area contributed by atoms with Crippen LogP contribution in [0.2, 0.25) is 0 Å². The van der Waals surface area contributed by atoms with Gasteiger partial charge in [-0.1, -0.05) is 56.5 Å². The number of esters is 1. The minimum Gasteiger partial charge on any atom is -0.463 e. The number of nitrogens with one attached hydrogen (secondary N) is 1. The van der Waals surface area contributed by atoms with E-state index in [1.165, 1.54) is 6.42 Å². The zero-order valence-corrected chi connectivity index (χ0v) is 17.5. The van der Waals surface area contributed by atoms with Crippen LogP contribution < -0.4 is 5.32 Å². The Kier molecular flexibility index (Phi) is 13.9. The molecule has 158 valence electrons. The van der Waals surface area contributed by atoms with Crippen molar-refractivity contribution in [2.24, 2.45) is 0 Å². The van der Waals surface area contributed by atoms with Gasteiger partial charge in [-0.3, -0.25) is 0 Å². The molecule has 5 heteroatoms. The summed E-state index contributed by atoms with van der Waals surface area (Å²) in [5, 5.41) is 12.8. The van der Waals surface area contributed by atoms with E-state index < -0.39 is 0 Å². The molecule has 0 aliphatic rings. The first-order valence-electron chi connectivity index (χ1n) is 10.6. The molecule has 0 aliphatic heterocycles. The predicted octanol–water partition coefficient (Wildman–Crippen LogP) is 4.35. The third kappa shape index (κ3) is 11.8. The molecule has 2 N–H and O–H groups in total. The molecule has 0 aromatic heterocycles. The minimum atomic E-state index is -0.327. The number of aliphatic hydroxyl groups excluding tert-OH is 1. The fourth-order valence-electron chi connectivity index (χ4n) is 2.99. The van der Waals surface area contributed by atoms with Gasteiger partial charge in [0.2, 0.25) is 0 Å². The van der Waals surface area contributed by atoms with Crippen molar-refractivity contribution in [3.05, 3.63) is 47.7 Å². The molecule has 1 aromatic carbocycles. The Morgan fingerprint density at radius 2 is 1.93 bits per heavy atom. The first-order chi connectivity index (χ1) is 13.7. The summed E-state index contributed by atoms with van der Waals surface area (Å²) in [7, 11) is 0. The third-order valence-corrected chi connectivity index (χ3v) is 4.45. The van der Waals surface area contributed by atoms with E-state index in [0.717, 1.165) is 36.9 Å². The van der Waals surface area contributed by atoms with Crippen LogP contribution in [0.5, 0.6) is 0 Å². The van der Waals surface area contributed by atoms with Gasteiger partial charge in [-0.05, 0) is 38.2 Å². The van der Waals surface area contributed by atoms with Crippen LogP contribution in [-0.4, -0.2) is 36.9 Å². The molecule has 0 heterocycles. The zero-order valence-electron chi connectivity index (χ0n) is 17.5. The average Bonchev–Trinajstić information content (AvgIpc) is 2.69. The zero-order chi connectivity index (χ0) is 20.5. The van der Waals surface area contributed by atoms with Crippen LogP contribution in [0, 0.1) is 0 Å². The first-order valence-corrected chi connectivity index (χ1v) is 10.6. The molecule has 0 fully saturated rings. The van der Waals surface area contributed by atoms with Crippen LogP contribution in [0.1, 0.15) is 64.4 Å². The van der Waals surface area contributed by atoms with Crippen molar-refractivity contribution in [2.75, 3.05) is 19.8 Å². The van der Waals surface area contributed by atoms with E-state index in [9.17, 15) is 9.90 Å². The number of ether oxygens (including phenoxy) is 2.